The van der Waals surface area contributed by atoms with Gasteiger partial charge in [0.25, 0.3) is 11.5 Å². The number of hydrogen-bond donors (Lipinski definition) is 1. The molecule has 6 heteroatoms. The molecule has 0 radical (unpaired) electrons. The van der Waals surface area contributed by atoms with Crippen LogP contribution in [0.4, 0.5) is 0 Å². The third-order valence-corrected chi connectivity index (χ3v) is 4.20. The third kappa shape index (κ3) is 4.47. The summed E-state index contributed by atoms with van der Waals surface area (Å²) in [6.45, 7) is 2.78. The van der Waals surface area contributed by atoms with Gasteiger partial charge in [-0.15, -0.1) is 0 Å². The van der Waals surface area contributed by atoms with Crippen LogP contribution in [0.25, 0.3) is 10.9 Å². The summed E-state index contributed by atoms with van der Waals surface area (Å²) in [4.78, 5) is 24.2. The van der Waals surface area contributed by atoms with Crippen LogP contribution >= 0.6 is 0 Å². The second kappa shape index (κ2) is 8.40. The monoisotopic (exact) mass is 366 g/mol. The van der Waals surface area contributed by atoms with Gasteiger partial charge in [-0.25, -0.2) is 0 Å². The molecule has 0 fully saturated rings. The van der Waals surface area contributed by atoms with Crippen molar-refractivity contribution in [2.75, 3.05) is 13.2 Å². The van der Waals surface area contributed by atoms with Crippen LogP contribution in [0, 0.1) is 0 Å². The van der Waals surface area contributed by atoms with Crippen LogP contribution in [0.1, 0.15) is 12.5 Å². The molecule has 1 N–H and O–H groups in total. The Bertz CT molecular complexity index is 993. The molecule has 27 heavy (non-hydrogen) atoms. The molecule has 1 aromatic heterocycles. The third-order valence-electron chi connectivity index (χ3n) is 4.20. The Morgan fingerprint density at radius 1 is 1.07 bits per heavy atom. The molecule has 0 spiro atoms. The summed E-state index contributed by atoms with van der Waals surface area (Å²) in [6.07, 6.45) is 0. The Labute approximate surface area is 157 Å². The van der Waals surface area contributed by atoms with Gasteiger partial charge < -0.3 is 19.4 Å². The Balaban J connectivity index is 1.60. The molecule has 3 aromatic rings. The highest BCUT2D eigenvalue weighted by molar-refractivity contribution is 5.86. The average molecular weight is 366 g/mol. The van der Waals surface area contributed by atoms with E-state index in [0.29, 0.717) is 18.9 Å². The number of ether oxygens (including phenoxy) is 2. The van der Waals surface area contributed by atoms with E-state index < -0.39 is 0 Å². The molecule has 0 saturated carbocycles. The zero-order valence-electron chi connectivity index (χ0n) is 15.4. The largest absolute Gasteiger partial charge is 0.494 e. The number of rotatable bonds is 7. The van der Waals surface area contributed by atoms with Crippen molar-refractivity contribution in [3.05, 3.63) is 70.5 Å². The predicted molar refractivity (Wildman–Crippen MR) is 104 cm³/mol. The Hall–Kier alpha value is -3.28. The Morgan fingerprint density at radius 2 is 1.81 bits per heavy atom. The van der Waals surface area contributed by atoms with Crippen LogP contribution in [0.3, 0.4) is 0 Å². The number of hydrogen-bond acceptors (Lipinski definition) is 4. The van der Waals surface area contributed by atoms with Crippen molar-refractivity contribution in [1.82, 2.24) is 9.88 Å². The van der Waals surface area contributed by atoms with Crippen LogP contribution in [0.2, 0.25) is 0 Å². The van der Waals surface area contributed by atoms with Crippen LogP contribution in [-0.4, -0.2) is 23.7 Å². The molecule has 1 amide bonds. The number of para-hydroxylation sites is 1. The lowest BCUT2D eigenvalue weighted by molar-refractivity contribution is -0.123. The first-order valence-electron chi connectivity index (χ1n) is 8.78. The lowest BCUT2D eigenvalue weighted by Gasteiger charge is -2.12. The summed E-state index contributed by atoms with van der Waals surface area (Å²) in [7, 11) is 1.71. The summed E-state index contributed by atoms with van der Waals surface area (Å²) in [6, 6.07) is 16.4. The average Bonchev–Trinajstić information content (AvgIpc) is 2.69. The second-order valence-corrected chi connectivity index (χ2v) is 6.07. The quantitative estimate of drug-likeness (QED) is 0.698. The minimum atomic E-state index is -0.256. The molecular formula is C21H22N2O4. The van der Waals surface area contributed by atoms with Crippen molar-refractivity contribution < 1.29 is 14.3 Å². The summed E-state index contributed by atoms with van der Waals surface area (Å²) in [5, 5.41) is 3.60. The first kappa shape index (κ1) is 18.5. The molecule has 0 unspecified atom stereocenters. The maximum absolute atomic E-state index is 12.1. The zero-order chi connectivity index (χ0) is 19.2. The van der Waals surface area contributed by atoms with Gasteiger partial charge in [0.15, 0.2) is 6.61 Å². The Morgan fingerprint density at radius 3 is 2.56 bits per heavy atom. The zero-order valence-corrected chi connectivity index (χ0v) is 15.4. The molecule has 0 atom stereocenters. The minimum Gasteiger partial charge on any atom is -0.494 e. The van der Waals surface area contributed by atoms with Crippen LogP contribution < -0.4 is 20.3 Å². The second-order valence-electron chi connectivity index (χ2n) is 6.07. The lowest BCUT2D eigenvalue weighted by atomic mass is 10.2. The van der Waals surface area contributed by atoms with Gasteiger partial charge >= 0.3 is 0 Å². The van der Waals surface area contributed by atoms with Crippen LogP contribution in [0.5, 0.6) is 11.5 Å². The number of carbonyl (C=O) groups excluding carboxylic acids is 1. The summed E-state index contributed by atoms with van der Waals surface area (Å²) >= 11 is 0. The summed E-state index contributed by atoms with van der Waals surface area (Å²) < 4.78 is 12.6. The van der Waals surface area contributed by atoms with Gasteiger partial charge in [0.05, 0.1) is 12.1 Å². The van der Waals surface area contributed by atoms with Gasteiger partial charge in [-0.3, -0.25) is 9.59 Å². The summed E-state index contributed by atoms with van der Waals surface area (Å²) in [5.74, 6) is 0.951. The number of amides is 1. The van der Waals surface area contributed by atoms with E-state index in [1.807, 2.05) is 55.5 Å². The number of nitrogens with one attached hydrogen (secondary N) is 1. The first-order chi connectivity index (χ1) is 13.1. The number of pyridine rings is 1. The highest BCUT2D eigenvalue weighted by atomic mass is 16.5. The highest BCUT2D eigenvalue weighted by Gasteiger charge is 2.09. The van der Waals surface area contributed by atoms with E-state index in [2.05, 4.69) is 5.32 Å². The molecule has 6 nitrogen and oxygen atoms in total. The van der Waals surface area contributed by atoms with Crippen molar-refractivity contribution in [1.29, 1.82) is 0 Å². The van der Waals surface area contributed by atoms with E-state index in [-0.39, 0.29) is 18.1 Å². The minimum absolute atomic E-state index is 0.159. The fraction of sp³-hybridized carbons (Fsp3) is 0.238. The van der Waals surface area contributed by atoms with E-state index in [1.165, 1.54) is 6.07 Å². The standard InChI is InChI=1S/C21H22N2O4/c1-3-26-16-10-8-15(9-11-16)13-22-20(24)14-27-19-12-21(25)23(2)18-7-5-4-6-17(18)19/h4-12H,3,13-14H2,1-2H3,(H,22,24). The summed E-state index contributed by atoms with van der Waals surface area (Å²) in [5.41, 5.74) is 1.54. The van der Waals surface area contributed by atoms with Crippen LogP contribution in [0.15, 0.2) is 59.4 Å². The fourth-order valence-electron chi connectivity index (χ4n) is 2.76. The van der Waals surface area contributed by atoms with Crippen molar-refractivity contribution in [3.63, 3.8) is 0 Å². The molecule has 0 aliphatic carbocycles. The maximum atomic E-state index is 12.1. The first-order valence-corrected chi connectivity index (χ1v) is 8.78. The lowest BCUT2D eigenvalue weighted by Crippen LogP contribution is -2.28. The van der Waals surface area contributed by atoms with E-state index in [9.17, 15) is 9.59 Å². The topological polar surface area (TPSA) is 69.6 Å². The van der Waals surface area contributed by atoms with Gasteiger partial charge in [-0.05, 0) is 36.8 Å². The number of aromatic nitrogens is 1. The maximum Gasteiger partial charge on any atom is 0.258 e. The van der Waals surface area contributed by atoms with Crippen LogP contribution in [-0.2, 0) is 18.4 Å². The molecule has 3 rings (SSSR count). The molecule has 0 aliphatic heterocycles. The molecule has 140 valence electrons. The number of aryl methyl sites for hydroxylation is 1. The van der Waals surface area contributed by atoms with Crippen molar-refractivity contribution in [2.24, 2.45) is 7.05 Å². The van der Waals surface area contributed by atoms with Gasteiger partial charge in [-0.1, -0.05) is 24.3 Å². The molecule has 0 saturated heterocycles. The van der Waals surface area contributed by atoms with Gasteiger partial charge in [0, 0.05) is 25.0 Å². The van der Waals surface area contributed by atoms with Gasteiger partial charge in [0.2, 0.25) is 0 Å². The highest BCUT2D eigenvalue weighted by Crippen LogP contribution is 2.22. The molecule has 0 aliphatic rings. The van der Waals surface area contributed by atoms with Crippen molar-refractivity contribution in [2.45, 2.75) is 13.5 Å². The van der Waals surface area contributed by atoms with Gasteiger partial charge in [0.1, 0.15) is 11.5 Å². The fourth-order valence-corrected chi connectivity index (χ4v) is 2.76. The van der Waals surface area contributed by atoms with E-state index in [4.69, 9.17) is 9.47 Å². The molecular weight excluding hydrogens is 344 g/mol. The number of nitrogens with zero attached hydrogens (tertiary/aromatic N) is 1. The van der Waals surface area contributed by atoms with E-state index in [0.717, 1.165) is 22.2 Å². The van der Waals surface area contributed by atoms with E-state index >= 15 is 0 Å². The van der Waals surface area contributed by atoms with Gasteiger partial charge in [-0.2, -0.15) is 0 Å². The van der Waals surface area contributed by atoms with Crippen molar-refractivity contribution >= 4 is 16.8 Å². The smallest absolute Gasteiger partial charge is 0.258 e. The molecule has 1 heterocycles. The number of fused-ring (bicyclic) bond motifs is 1. The number of benzene rings is 2. The Kier molecular flexibility index (Phi) is 5.76. The van der Waals surface area contributed by atoms with E-state index in [1.54, 1.807) is 11.6 Å². The predicted octanol–water partition coefficient (Wildman–Crippen LogP) is 2.63. The van der Waals surface area contributed by atoms with Crippen molar-refractivity contribution in [3.8, 4) is 11.5 Å². The number of carbonyl (C=O) groups is 1. The normalized spacial score (nSPS) is 10.6. The molecule has 0 bridgehead atoms. The SMILES string of the molecule is CCOc1ccc(CNC(=O)COc2cc(=O)n(C)c3ccccc23)cc1. The molecule has 2 aromatic carbocycles.